The average molecular weight is 372 g/mol. The van der Waals surface area contributed by atoms with Gasteiger partial charge in [-0.25, -0.2) is 0 Å². The molecule has 2 amide bonds. The fourth-order valence-corrected chi connectivity index (χ4v) is 3.70. The lowest BCUT2D eigenvalue weighted by Gasteiger charge is -2.39. The van der Waals surface area contributed by atoms with E-state index in [1.54, 1.807) is 17.0 Å². The summed E-state index contributed by atoms with van der Waals surface area (Å²) in [5.41, 5.74) is 1.01. The predicted octanol–water partition coefficient (Wildman–Crippen LogP) is 1.67. The van der Waals surface area contributed by atoms with E-state index in [1.807, 2.05) is 4.90 Å². The van der Waals surface area contributed by atoms with Crippen LogP contribution in [0.1, 0.15) is 12.8 Å². The van der Waals surface area contributed by atoms with Gasteiger partial charge in [0, 0.05) is 63.0 Å². The van der Waals surface area contributed by atoms with E-state index >= 15 is 0 Å². The highest BCUT2D eigenvalue weighted by atomic mass is 16.6. The number of piperazine rings is 1. The summed E-state index contributed by atoms with van der Waals surface area (Å²) in [4.78, 5) is 40.5. The van der Waals surface area contributed by atoms with Crippen LogP contribution in [-0.4, -0.2) is 65.8 Å². The van der Waals surface area contributed by atoms with Crippen molar-refractivity contribution < 1.29 is 14.5 Å². The van der Waals surface area contributed by atoms with Gasteiger partial charge in [0.05, 0.1) is 4.92 Å². The van der Waals surface area contributed by atoms with Crippen LogP contribution in [0.5, 0.6) is 0 Å². The molecule has 3 rings (SSSR count). The molecular weight excluding hydrogens is 348 g/mol. The van der Waals surface area contributed by atoms with Gasteiger partial charge in [0.2, 0.25) is 11.8 Å². The second kappa shape index (κ2) is 8.20. The van der Waals surface area contributed by atoms with Crippen LogP contribution in [0.25, 0.3) is 0 Å². The van der Waals surface area contributed by atoms with Crippen molar-refractivity contribution in [2.24, 2.45) is 5.92 Å². The lowest BCUT2D eigenvalue weighted by Crippen LogP contribution is -2.52. The normalized spacial score (nSPS) is 18.3. The minimum Gasteiger partial charge on any atom is -0.368 e. The minimum absolute atomic E-state index is 0.0233. The Morgan fingerprint density at radius 3 is 2.11 bits per heavy atom. The lowest BCUT2D eigenvalue weighted by atomic mass is 9.95. The SMILES string of the molecule is C=CC(=O)N1CCC(C(=O)N2CCN(c3ccc([N+](=O)[O-])cc3)CC2)CC1. The molecule has 2 fully saturated rings. The van der Waals surface area contributed by atoms with Crippen molar-refractivity contribution in [1.29, 1.82) is 0 Å². The van der Waals surface area contributed by atoms with Crippen LogP contribution in [0.4, 0.5) is 11.4 Å². The third-order valence-electron chi connectivity index (χ3n) is 5.35. The molecule has 2 aliphatic rings. The molecule has 0 radical (unpaired) electrons. The Morgan fingerprint density at radius 1 is 1.00 bits per heavy atom. The molecule has 0 unspecified atom stereocenters. The van der Waals surface area contributed by atoms with Crippen molar-refractivity contribution in [2.75, 3.05) is 44.2 Å². The number of anilines is 1. The number of hydrogen-bond donors (Lipinski definition) is 0. The van der Waals surface area contributed by atoms with E-state index in [0.717, 1.165) is 5.69 Å². The maximum absolute atomic E-state index is 12.8. The number of nitrogens with zero attached hydrogens (tertiary/aromatic N) is 4. The molecule has 1 aromatic carbocycles. The number of rotatable bonds is 4. The first kappa shape index (κ1) is 18.9. The van der Waals surface area contributed by atoms with Crippen molar-refractivity contribution in [1.82, 2.24) is 9.80 Å². The van der Waals surface area contributed by atoms with Crippen LogP contribution >= 0.6 is 0 Å². The smallest absolute Gasteiger partial charge is 0.269 e. The third-order valence-corrected chi connectivity index (χ3v) is 5.35. The lowest BCUT2D eigenvalue weighted by molar-refractivity contribution is -0.384. The molecule has 8 heteroatoms. The Labute approximate surface area is 158 Å². The summed E-state index contributed by atoms with van der Waals surface area (Å²) in [5.74, 6) is 0.0754. The largest absolute Gasteiger partial charge is 0.368 e. The number of benzene rings is 1. The summed E-state index contributed by atoms with van der Waals surface area (Å²) < 4.78 is 0. The van der Waals surface area contributed by atoms with E-state index in [9.17, 15) is 19.7 Å². The van der Waals surface area contributed by atoms with E-state index in [4.69, 9.17) is 0 Å². The number of piperidine rings is 1. The second-order valence-corrected chi connectivity index (χ2v) is 6.89. The zero-order chi connectivity index (χ0) is 19.4. The maximum atomic E-state index is 12.8. The monoisotopic (exact) mass is 372 g/mol. The summed E-state index contributed by atoms with van der Waals surface area (Å²) in [5, 5.41) is 10.8. The van der Waals surface area contributed by atoms with Gasteiger partial charge in [-0.3, -0.25) is 19.7 Å². The summed E-state index contributed by atoms with van der Waals surface area (Å²) in [7, 11) is 0. The zero-order valence-electron chi connectivity index (χ0n) is 15.2. The number of nitro groups is 1. The maximum Gasteiger partial charge on any atom is 0.269 e. The van der Waals surface area contributed by atoms with E-state index in [2.05, 4.69) is 11.5 Å². The molecule has 144 valence electrons. The van der Waals surface area contributed by atoms with E-state index in [-0.39, 0.29) is 23.4 Å². The standard InChI is InChI=1S/C19H24N4O4/c1-2-18(24)21-9-7-15(8-10-21)19(25)22-13-11-20(12-14-22)16-3-5-17(6-4-16)23(26)27/h2-6,15H,1,7-14H2. The zero-order valence-corrected chi connectivity index (χ0v) is 15.2. The number of non-ortho nitro benzene ring substituents is 1. The van der Waals surface area contributed by atoms with Gasteiger partial charge in [0.15, 0.2) is 0 Å². The molecule has 0 bridgehead atoms. The quantitative estimate of drug-likeness (QED) is 0.456. The second-order valence-electron chi connectivity index (χ2n) is 6.89. The van der Waals surface area contributed by atoms with Crippen LogP contribution in [-0.2, 0) is 9.59 Å². The fourth-order valence-electron chi connectivity index (χ4n) is 3.70. The summed E-state index contributed by atoms with van der Waals surface area (Å²) in [6.45, 7) is 7.40. The topological polar surface area (TPSA) is 87.0 Å². The van der Waals surface area contributed by atoms with Gasteiger partial charge < -0.3 is 14.7 Å². The highest BCUT2D eigenvalue weighted by molar-refractivity contribution is 5.87. The number of likely N-dealkylation sites (tertiary alicyclic amines) is 1. The average Bonchev–Trinajstić information content (AvgIpc) is 2.73. The van der Waals surface area contributed by atoms with Crippen molar-refractivity contribution in [3.8, 4) is 0 Å². The van der Waals surface area contributed by atoms with Gasteiger partial charge in [-0.2, -0.15) is 0 Å². The molecule has 0 spiro atoms. The molecular formula is C19H24N4O4. The molecule has 0 N–H and O–H groups in total. The molecule has 0 aromatic heterocycles. The molecule has 1 aromatic rings. The highest BCUT2D eigenvalue weighted by Gasteiger charge is 2.31. The Kier molecular flexibility index (Phi) is 5.73. The first-order chi connectivity index (χ1) is 13.0. The Hall–Kier alpha value is -2.90. The summed E-state index contributed by atoms with van der Waals surface area (Å²) in [6, 6.07) is 6.51. The predicted molar refractivity (Wildman–Crippen MR) is 101 cm³/mol. The highest BCUT2D eigenvalue weighted by Crippen LogP contribution is 2.23. The third kappa shape index (κ3) is 4.27. The van der Waals surface area contributed by atoms with Gasteiger partial charge in [0.1, 0.15) is 0 Å². The summed E-state index contributed by atoms with van der Waals surface area (Å²) >= 11 is 0. The first-order valence-electron chi connectivity index (χ1n) is 9.19. The number of amides is 2. The van der Waals surface area contributed by atoms with Crippen molar-refractivity contribution in [3.63, 3.8) is 0 Å². The van der Waals surface area contributed by atoms with Gasteiger partial charge in [-0.05, 0) is 31.1 Å². The Morgan fingerprint density at radius 2 is 1.59 bits per heavy atom. The van der Waals surface area contributed by atoms with E-state index < -0.39 is 4.92 Å². The number of nitro benzene ring substituents is 1. The molecule has 0 atom stereocenters. The molecule has 8 nitrogen and oxygen atoms in total. The summed E-state index contributed by atoms with van der Waals surface area (Å²) in [6.07, 6.45) is 2.71. The van der Waals surface area contributed by atoms with E-state index in [0.29, 0.717) is 52.1 Å². The van der Waals surface area contributed by atoms with E-state index in [1.165, 1.54) is 18.2 Å². The number of carbonyl (C=O) groups excluding carboxylic acids is 2. The molecule has 2 saturated heterocycles. The van der Waals surface area contributed by atoms with Crippen LogP contribution in [0, 0.1) is 16.0 Å². The van der Waals surface area contributed by atoms with Crippen LogP contribution in [0.15, 0.2) is 36.9 Å². The Bertz CT molecular complexity index is 718. The minimum atomic E-state index is -0.408. The van der Waals surface area contributed by atoms with Gasteiger partial charge in [0.25, 0.3) is 5.69 Å². The molecule has 0 aliphatic carbocycles. The van der Waals surface area contributed by atoms with Crippen LogP contribution in [0.3, 0.4) is 0 Å². The molecule has 27 heavy (non-hydrogen) atoms. The first-order valence-corrected chi connectivity index (χ1v) is 9.19. The number of carbonyl (C=O) groups is 2. The van der Waals surface area contributed by atoms with Gasteiger partial charge in [-0.1, -0.05) is 6.58 Å². The van der Waals surface area contributed by atoms with Crippen molar-refractivity contribution in [3.05, 3.63) is 47.0 Å². The van der Waals surface area contributed by atoms with Gasteiger partial charge >= 0.3 is 0 Å². The number of hydrogen-bond acceptors (Lipinski definition) is 5. The fraction of sp³-hybridized carbons (Fsp3) is 0.474. The van der Waals surface area contributed by atoms with Crippen LogP contribution < -0.4 is 4.90 Å². The molecule has 2 aliphatic heterocycles. The molecule has 0 saturated carbocycles. The van der Waals surface area contributed by atoms with Crippen LogP contribution in [0.2, 0.25) is 0 Å². The van der Waals surface area contributed by atoms with Gasteiger partial charge in [-0.15, -0.1) is 0 Å². The Balaban J connectivity index is 1.50. The van der Waals surface area contributed by atoms with Crippen molar-refractivity contribution >= 4 is 23.2 Å². The van der Waals surface area contributed by atoms with Crippen molar-refractivity contribution in [2.45, 2.75) is 12.8 Å². The molecule has 2 heterocycles.